The van der Waals surface area contributed by atoms with Crippen molar-refractivity contribution in [1.29, 1.82) is 0 Å². The zero-order chi connectivity index (χ0) is 14.3. The number of benzene rings is 1. The minimum Gasteiger partial charge on any atom is -0.493 e. The summed E-state index contributed by atoms with van der Waals surface area (Å²) in [5, 5.41) is 3.12. The number of ether oxygens (including phenoxy) is 2. The van der Waals surface area contributed by atoms with Crippen LogP contribution in [-0.2, 0) is 11.2 Å². The number of rotatable bonds is 7. The van der Waals surface area contributed by atoms with Crippen LogP contribution in [0.5, 0.6) is 11.5 Å². The molecule has 0 bridgehead atoms. The van der Waals surface area contributed by atoms with Crippen molar-refractivity contribution in [2.45, 2.75) is 13.3 Å². The van der Waals surface area contributed by atoms with Crippen LogP contribution >= 0.6 is 0 Å². The predicted octanol–water partition coefficient (Wildman–Crippen LogP) is 1.23. The number of hydrogen-bond donors (Lipinski definition) is 2. The highest BCUT2D eigenvalue weighted by atomic mass is 16.5. The zero-order valence-electron chi connectivity index (χ0n) is 11.5. The van der Waals surface area contributed by atoms with E-state index in [0.29, 0.717) is 18.0 Å². The minimum atomic E-state index is -0.448. The summed E-state index contributed by atoms with van der Waals surface area (Å²) < 4.78 is 10.4. The molecule has 0 atom stereocenters. The summed E-state index contributed by atoms with van der Waals surface area (Å²) in [5.41, 5.74) is 6.94. The van der Waals surface area contributed by atoms with Gasteiger partial charge in [-0.05, 0) is 31.0 Å². The van der Waals surface area contributed by atoms with Gasteiger partial charge in [0.2, 0.25) is 5.91 Å². The first-order valence-corrected chi connectivity index (χ1v) is 5.99. The zero-order valence-corrected chi connectivity index (χ0v) is 11.5. The maximum absolute atomic E-state index is 10.7. The van der Waals surface area contributed by atoms with Gasteiger partial charge in [-0.1, -0.05) is 6.07 Å². The van der Waals surface area contributed by atoms with Gasteiger partial charge in [-0.2, -0.15) is 0 Å². The van der Waals surface area contributed by atoms with E-state index in [1.165, 1.54) is 6.08 Å². The van der Waals surface area contributed by atoms with Crippen molar-refractivity contribution >= 4 is 5.91 Å². The van der Waals surface area contributed by atoms with Crippen LogP contribution in [0.1, 0.15) is 12.5 Å². The summed E-state index contributed by atoms with van der Waals surface area (Å²) >= 11 is 0. The number of amides is 1. The van der Waals surface area contributed by atoms with Gasteiger partial charge >= 0.3 is 0 Å². The lowest BCUT2D eigenvalue weighted by molar-refractivity contribution is -0.113. The fourth-order valence-corrected chi connectivity index (χ4v) is 1.70. The van der Waals surface area contributed by atoms with Crippen LogP contribution in [-0.4, -0.2) is 26.7 Å². The van der Waals surface area contributed by atoms with E-state index in [1.807, 2.05) is 18.2 Å². The lowest BCUT2D eigenvalue weighted by atomic mass is 10.1. The average Bonchev–Trinajstić information content (AvgIpc) is 2.37. The number of hydrogen-bond acceptors (Lipinski definition) is 4. The number of nitrogens with one attached hydrogen (secondary N) is 1. The Morgan fingerprint density at radius 1 is 1.32 bits per heavy atom. The second kappa shape index (κ2) is 7.31. The molecule has 0 saturated heterocycles. The molecule has 0 saturated carbocycles. The third-order valence-corrected chi connectivity index (χ3v) is 2.62. The van der Waals surface area contributed by atoms with E-state index in [1.54, 1.807) is 21.1 Å². The smallest absolute Gasteiger partial charge is 0.243 e. The molecule has 1 amide bonds. The van der Waals surface area contributed by atoms with Crippen molar-refractivity contribution in [2.24, 2.45) is 5.73 Å². The summed E-state index contributed by atoms with van der Waals surface area (Å²) in [4.78, 5) is 10.7. The molecule has 0 aliphatic heterocycles. The summed E-state index contributed by atoms with van der Waals surface area (Å²) in [6.45, 7) is 2.52. The maximum Gasteiger partial charge on any atom is 0.243 e. The number of allylic oxidation sites excluding steroid dienone is 1. The second-order valence-electron chi connectivity index (χ2n) is 4.10. The predicted molar refractivity (Wildman–Crippen MR) is 74.2 cm³/mol. The van der Waals surface area contributed by atoms with E-state index in [9.17, 15) is 4.79 Å². The molecule has 0 aliphatic carbocycles. The van der Waals surface area contributed by atoms with Crippen molar-refractivity contribution in [1.82, 2.24) is 5.32 Å². The molecule has 0 aromatic heterocycles. The largest absolute Gasteiger partial charge is 0.493 e. The van der Waals surface area contributed by atoms with Crippen molar-refractivity contribution in [2.75, 3.05) is 20.8 Å². The van der Waals surface area contributed by atoms with Gasteiger partial charge < -0.3 is 20.5 Å². The van der Waals surface area contributed by atoms with Gasteiger partial charge in [0, 0.05) is 18.3 Å². The quantitative estimate of drug-likeness (QED) is 0.726. The van der Waals surface area contributed by atoms with E-state index in [4.69, 9.17) is 15.2 Å². The lowest BCUT2D eigenvalue weighted by Crippen LogP contribution is -2.17. The Hall–Kier alpha value is -2.17. The summed E-state index contributed by atoms with van der Waals surface area (Å²) in [6, 6.07) is 5.80. The molecule has 0 unspecified atom stereocenters. The van der Waals surface area contributed by atoms with Crippen LogP contribution in [0.25, 0.3) is 0 Å². The van der Waals surface area contributed by atoms with Crippen molar-refractivity contribution in [3.05, 3.63) is 35.5 Å². The van der Waals surface area contributed by atoms with Gasteiger partial charge in [-0.15, -0.1) is 0 Å². The van der Waals surface area contributed by atoms with Gasteiger partial charge in [0.15, 0.2) is 11.5 Å². The Kier molecular flexibility index (Phi) is 5.73. The van der Waals surface area contributed by atoms with Gasteiger partial charge in [0.05, 0.1) is 14.2 Å². The normalized spacial score (nSPS) is 11.0. The minimum absolute atomic E-state index is 0.448. The Morgan fingerprint density at radius 3 is 2.58 bits per heavy atom. The van der Waals surface area contributed by atoms with Gasteiger partial charge in [-0.3, -0.25) is 4.79 Å². The third-order valence-electron chi connectivity index (χ3n) is 2.62. The fourth-order valence-electron chi connectivity index (χ4n) is 1.70. The monoisotopic (exact) mass is 264 g/mol. The lowest BCUT2D eigenvalue weighted by Gasteiger charge is -2.10. The Morgan fingerprint density at radius 2 is 2.00 bits per heavy atom. The number of nitrogens with two attached hydrogens (primary N) is 1. The molecule has 0 spiro atoms. The molecule has 1 rings (SSSR count). The Labute approximate surface area is 113 Å². The average molecular weight is 264 g/mol. The van der Waals surface area contributed by atoms with Crippen LogP contribution in [0, 0.1) is 0 Å². The summed E-state index contributed by atoms with van der Waals surface area (Å²) in [6.07, 6.45) is 2.18. The van der Waals surface area contributed by atoms with Crippen LogP contribution in [0.3, 0.4) is 0 Å². The Bertz CT molecular complexity index is 470. The first-order chi connectivity index (χ1) is 9.06. The fraction of sp³-hybridized carbons (Fsp3) is 0.357. The number of methoxy groups -OCH3 is 2. The van der Waals surface area contributed by atoms with E-state index in [-0.39, 0.29) is 0 Å². The molecule has 0 fully saturated rings. The van der Waals surface area contributed by atoms with Crippen LogP contribution < -0.4 is 20.5 Å². The molecule has 0 radical (unpaired) electrons. The van der Waals surface area contributed by atoms with Gasteiger partial charge in [0.1, 0.15) is 0 Å². The first kappa shape index (κ1) is 14.9. The SMILES string of the molecule is COc1ccc(CCN/C(C)=C/C(N)=O)cc1OC. The highest BCUT2D eigenvalue weighted by Crippen LogP contribution is 2.27. The highest BCUT2D eigenvalue weighted by Gasteiger charge is 2.04. The number of primary amides is 1. The van der Waals surface area contributed by atoms with Gasteiger partial charge in [0.25, 0.3) is 0 Å². The van der Waals surface area contributed by atoms with Gasteiger partial charge in [-0.25, -0.2) is 0 Å². The summed E-state index contributed by atoms with van der Waals surface area (Å²) in [5.74, 6) is 0.976. The van der Waals surface area contributed by atoms with Crippen molar-refractivity contribution in [3.63, 3.8) is 0 Å². The third kappa shape index (κ3) is 4.91. The topological polar surface area (TPSA) is 73.6 Å². The molecule has 5 nitrogen and oxygen atoms in total. The van der Waals surface area contributed by atoms with Crippen molar-refractivity contribution < 1.29 is 14.3 Å². The molecule has 0 aliphatic rings. The summed E-state index contributed by atoms with van der Waals surface area (Å²) in [7, 11) is 3.22. The van der Waals surface area contributed by atoms with Crippen LogP contribution in [0.4, 0.5) is 0 Å². The highest BCUT2D eigenvalue weighted by molar-refractivity contribution is 5.86. The molecule has 5 heteroatoms. The van der Waals surface area contributed by atoms with E-state index >= 15 is 0 Å². The number of carbonyl (C=O) groups is 1. The molecular formula is C14H20N2O3. The molecule has 0 heterocycles. The van der Waals surface area contributed by atoms with E-state index in [0.717, 1.165) is 17.7 Å². The molecule has 1 aromatic rings. The maximum atomic E-state index is 10.7. The molecular weight excluding hydrogens is 244 g/mol. The number of carbonyl (C=O) groups excluding carboxylic acids is 1. The van der Waals surface area contributed by atoms with Crippen molar-refractivity contribution in [3.8, 4) is 11.5 Å². The van der Waals surface area contributed by atoms with Crippen LogP contribution in [0.2, 0.25) is 0 Å². The van der Waals surface area contributed by atoms with E-state index in [2.05, 4.69) is 5.32 Å². The molecule has 1 aromatic carbocycles. The second-order valence-corrected chi connectivity index (χ2v) is 4.10. The Balaban J connectivity index is 2.56. The molecule has 3 N–H and O–H groups in total. The first-order valence-electron chi connectivity index (χ1n) is 5.99. The molecule has 104 valence electrons. The van der Waals surface area contributed by atoms with E-state index < -0.39 is 5.91 Å². The standard InChI is InChI=1S/C14H20N2O3/c1-10(8-14(15)17)16-7-6-11-4-5-12(18-2)13(9-11)19-3/h4-5,8-9,16H,6-7H2,1-3H3,(H2,15,17)/b10-8+. The molecule has 19 heavy (non-hydrogen) atoms. The van der Waals surface area contributed by atoms with Crippen LogP contribution in [0.15, 0.2) is 30.0 Å².